The molecule has 5 aliphatic carbocycles. The molecule has 1 N–H and O–H groups in total. The van der Waals surface area contributed by atoms with E-state index >= 15 is 0 Å². The second-order valence-electron chi connectivity index (χ2n) is 17.1. The molecule has 3 nitrogen and oxygen atoms in total. The topological polar surface area (TPSA) is 20.2 Å². The Balaban J connectivity index is 1.06. The number of benzene rings is 3. The van der Waals surface area contributed by atoms with Crippen molar-refractivity contribution in [2.75, 3.05) is 11.4 Å². The van der Waals surface area contributed by atoms with E-state index in [-0.39, 0.29) is 5.41 Å². The molecule has 4 aromatic rings. The van der Waals surface area contributed by atoms with Crippen LogP contribution in [0, 0.1) is 11.8 Å². The van der Waals surface area contributed by atoms with Crippen molar-refractivity contribution in [2.24, 2.45) is 11.8 Å². The summed E-state index contributed by atoms with van der Waals surface area (Å²) in [7, 11) is 0. The van der Waals surface area contributed by atoms with Gasteiger partial charge in [0, 0.05) is 63.0 Å². The van der Waals surface area contributed by atoms with Crippen LogP contribution >= 0.6 is 0 Å². The Morgan fingerprint density at radius 1 is 0.870 bits per heavy atom. The molecule has 0 bridgehead atoms. The summed E-state index contributed by atoms with van der Waals surface area (Å²) in [6, 6.07) is 24.1. The number of anilines is 1. The van der Waals surface area contributed by atoms with Gasteiger partial charge in [-0.25, -0.2) is 0 Å². The highest BCUT2D eigenvalue weighted by molar-refractivity contribution is 5.94. The van der Waals surface area contributed by atoms with Crippen molar-refractivity contribution >= 4 is 28.2 Å². The van der Waals surface area contributed by atoms with E-state index in [9.17, 15) is 0 Å². The summed E-state index contributed by atoms with van der Waals surface area (Å²) in [5.41, 5.74) is 18.3. The molecule has 0 amide bonds. The van der Waals surface area contributed by atoms with Gasteiger partial charge in [0.1, 0.15) is 0 Å². The van der Waals surface area contributed by atoms with Gasteiger partial charge in [0.2, 0.25) is 0 Å². The monoisotopic (exact) mass is 707 g/mol. The van der Waals surface area contributed by atoms with Crippen molar-refractivity contribution in [1.82, 2.24) is 9.88 Å². The lowest BCUT2D eigenvalue weighted by Crippen LogP contribution is -2.29. The van der Waals surface area contributed by atoms with E-state index < -0.39 is 0 Å². The van der Waals surface area contributed by atoms with Crippen molar-refractivity contribution < 1.29 is 0 Å². The predicted octanol–water partition coefficient (Wildman–Crippen LogP) is 12.7. The highest BCUT2D eigenvalue weighted by atomic mass is 15.2. The van der Waals surface area contributed by atoms with Crippen LogP contribution in [0.1, 0.15) is 106 Å². The SMILES string of the molecule is CC1CC(c2ccc3c(c2)c2c(n3C3C=CCCC3)CCC=C2)=CC=C1N(C1=CCCC(C2CC=CNC2)=C1)c1ccc2c(c1)C(C)(C)c1ccccc1-2. The fraction of sp³-hybridized carbons (Fsp3) is 0.333. The van der Waals surface area contributed by atoms with Crippen LogP contribution in [-0.4, -0.2) is 11.1 Å². The predicted molar refractivity (Wildman–Crippen MR) is 228 cm³/mol. The lowest BCUT2D eigenvalue weighted by atomic mass is 9.82. The maximum absolute atomic E-state index is 3.51. The van der Waals surface area contributed by atoms with Crippen LogP contribution in [0.25, 0.3) is 33.7 Å². The van der Waals surface area contributed by atoms with Crippen LogP contribution in [-0.2, 0) is 11.8 Å². The average Bonchev–Trinajstić information content (AvgIpc) is 3.67. The summed E-state index contributed by atoms with van der Waals surface area (Å²) < 4.78 is 2.68. The summed E-state index contributed by atoms with van der Waals surface area (Å²) in [4.78, 5) is 2.62. The number of allylic oxidation sites excluding steroid dienone is 10. The molecule has 0 spiro atoms. The zero-order valence-electron chi connectivity index (χ0n) is 32.2. The van der Waals surface area contributed by atoms with Crippen LogP contribution in [0.3, 0.4) is 0 Å². The largest absolute Gasteiger partial charge is 0.391 e. The number of fused-ring (bicyclic) bond motifs is 6. The minimum Gasteiger partial charge on any atom is -0.391 e. The molecule has 54 heavy (non-hydrogen) atoms. The highest BCUT2D eigenvalue weighted by Gasteiger charge is 2.36. The van der Waals surface area contributed by atoms with Gasteiger partial charge in [-0.2, -0.15) is 0 Å². The molecule has 0 fully saturated rings. The Hall–Kier alpha value is -5.02. The van der Waals surface area contributed by atoms with Crippen molar-refractivity contribution in [1.29, 1.82) is 0 Å². The van der Waals surface area contributed by atoms with E-state index in [1.54, 1.807) is 5.57 Å². The average molecular weight is 708 g/mol. The number of nitrogens with one attached hydrogen (secondary N) is 1. The first-order valence-corrected chi connectivity index (χ1v) is 20.7. The molecule has 2 heterocycles. The molecule has 10 rings (SSSR count). The van der Waals surface area contributed by atoms with Crippen molar-refractivity contribution in [3.8, 4) is 11.1 Å². The van der Waals surface area contributed by atoms with Crippen molar-refractivity contribution in [2.45, 2.75) is 90.0 Å². The Morgan fingerprint density at radius 3 is 2.63 bits per heavy atom. The highest BCUT2D eigenvalue weighted by Crippen LogP contribution is 2.51. The van der Waals surface area contributed by atoms with E-state index in [1.807, 2.05) is 0 Å². The van der Waals surface area contributed by atoms with E-state index in [4.69, 9.17) is 0 Å². The van der Waals surface area contributed by atoms with Crippen LogP contribution < -0.4 is 10.2 Å². The molecule has 3 aromatic carbocycles. The molecular weight excluding hydrogens is 655 g/mol. The van der Waals surface area contributed by atoms with Crippen molar-refractivity contribution in [3.63, 3.8) is 0 Å². The fourth-order valence-electron chi connectivity index (χ4n) is 10.6. The lowest BCUT2D eigenvalue weighted by Gasteiger charge is -2.37. The summed E-state index contributed by atoms with van der Waals surface area (Å²) in [5.74, 6) is 0.904. The molecule has 3 atom stereocenters. The van der Waals surface area contributed by atoms with Gasteiger partial charge in [-0.15, -0.1) is 0 Å². The Bertz CT molecular complexity index is 2380. The van der Waals surface area contributed by atoms with Gasteiger partial charge in [0.25, 0.3) is 0 Å². The molecule has 272 valence electrons. The molecule has 3 heteroatoms. The summed E-state index contributed by atoms with van der Waals surface area (Å²) >= 11 is 0. The maximum Gasteiger partial charge on any atom is 0.0519 e. The first-order valence-electron chi connectivity index (χ1n) is 20.7. The standard InChI is InChI=1S/C51H53N3/c1-34-29-36(37-23-27-50-45(31-37)44-19-8-10-21-49(44)54(50)39-15-5-4-6-16-39)22-26-48(34)53(40-17-11-13-35(30-40)38-14-12-28-52-33-38)41-24-25-43-42-18-7-9-20-46(42)51(2,3)47(43)32-41/h5,7-9,12,15,17-20,22-28,30-32,34,38-39,52H,4,6,10-11,13-14,16,21,29,33H2,1-3H3. The lowest BCUT2D eigenvalue weighted by molar-refractivity contribution is 0.515. The van der Waals surface area contributed by atoms with E-state index in [0.717, 1.165) is 45.1 Å². The number of hydrogen-bond donors (Lipinski definition) is 1. The number of hydrogen-bond acceptors (Lipinski definition) is 2. The van der Waals surface area contributed by atoms with Crippen LogP contribution in [0.2, 0.25) is 0 Å². The van der Waals surface area contributed by atoms with Gasteiger partial charge in [0.15, 0.2) is 0 Å². The van der Waals surface area contributed by atoms with Gasteiger partial charge in [-0.1, -0.05) is 105 Å². The smallest absolute Gasteiger partial charge is 0.0519 e. The third-order valence-corrected chi connectivity index (χ3v) is 13.4. The number of aromatic nitrogens is 1. The minimum atomic E-state index is -0.0471. The maximum atomic E-state index is 3.51. The number of nitrogens with zero attached hydrogens (tertiary/aromatic N) is 2. The molecule has 3 unspecified atom stereocenters. The third kappa shape index (κ3) is 5.53. The Kier molecular flexibility index (Phi) is 8.31. The first-order chi connectivity index (χ1) is 26.5. The summed E-state index contributed by atoms with van der Waals surface area (Å²) in [6.07, 6.45) is 34.3. The molecule has 0 radical (unpaired) electrons. The quantitative estimate of drug-likeness (QED) is 0.201. The first kappa shape index (κ1) is 33.5. The van der Waals surface area contributed by atoms with Gasteiger partial charge >= 0.3 is 0 Å². The molecule has 1 aromatic heterocycles. The zero-order chi connectivity index (χ0) is 36.4. The van der Waals surface area contributed by atoms with Crippen molar-refractivity contribution in [3.05, 3.63) is 160 Å². The van der Waals surface area contributed by atoms with Crippen LogP contribution in [0.5, 0.6) is 0 Å². The van der Waals surface area contributed by atoms with Gasteiger partial charge in [-0.3, -0.25) is 0 Å². The van der Waals surface area contributed by atoms with Crippen LogP contribution in [0.4, 0.5) is 5.69 Å². The molecular formula is C51H53N3. The Morgan fingerprint density at radius 2 is 1.78 bits per heavy atom. The molecule has 0 saturated carbocycles. The van der Waals surface area contributed by atoms with E-state index in [2.05, 4.69) is 157 Å². The van der Waals surface area contributed by atoms with Gasteiger partial charge < -0.3 is 14.8 Å². The third-order valence-electron chi connectivity index (χ3n) is 13.4. The van der Waals surface area contributed by atoms with Gasteiger partial charge in [0.05, 0.1) is 6.04 Å². The molecule has 1 aliphatic heterocycles. The molecule has 0 saturated heterocycles. The second-order valence-corrected chi connectivity index (χ2v) is 17.1. The van der Waals surface area contributed by atoms with E-state index in [1.165, 1.54) is 91.9 Å². The molecule has 6 aliphatic rings. The zero-order valence-corrected chi connectivity index (χ0v) is 32.2. The summed E-state index contributed by atoms with van der Waals surface area (Å²) in [5, 5.41) is 4.93. The van der Waals surface area contributed by atoms with E-state index in [0.29, 0.717) is 17.9 Å². The minimum absolute atomic E-state index is 0.0471. The summed E-state index contributed by atoms with van der Waals surface area (Å²) in [6.45, 7) is 8.26. The fourth-order valence-corrected chi connectivity index (χ4v) is 10.6. The second kappa shape index (κ2) is 13.4. The normalized spacial score (nSPS) is 23.8. The Labute approximate surface area is 321 Å². The van der Waals surface area contributed by atoms with Crippen LogP contribution in [0.15, 0.2) is 132 Å². The number of rotatable bonds is 6. The van der Waals surface area contributed by atoms with Gasteiger partial charge in [-0.05, 0) is 134 Å².